The summed E-state index contributed by atoms with van der Waals surface area (Å²) in [6, 6.07) is 6.49. The minimum Gasteiger partial charge on any atom is -0.303 e. The lowest BCUT2D eigenvalue weighted by atomic mass is 10.0. The monoisotopic (exact) mass is 204 g/mol. The topological polar surface area (TPSA) is 51.2 Å². The SMILES string of the molecule is O=CCCCC(=O)c1ccc(C=O)cc1. The number of unbranched alkanes of at least 4 members (excludes halogenated alkanes) is 1. The summed E-state index contributed by atoms with van der Waals surface area (Å²) in [5, 5.41) is 0. The smallest absolute Gasteiger partial charge is 0.162 e. The van der Waals surface area contributed by atoms with Crippen molar-refractivity contribution in [1.29, 1.82) is 0 Å². The fourth-order valence-electron chi connectivity index (χ4n) is 1.24. The molecule has 0 aromatic heterocycles. The number of hydrogen-bond acceptors (Lipinski definition) is 3. The highest BCUT2D eigenvalue weighted by Crippen LogP contribution is 2.07. The first-order chi connectivity index (χ1) is 7.27. The Balaban J connectivity index is 2.57. The number of aldehydes is 2. The standard InChI is InChI=1S/C12H12O3/c13-8-2-1-3-12(15)11-6-4-10(9-14)5-7-11/h4-9H,1-3H2. The average molecular weight is 204 g/mol. The molecule has 0 unspecified atom stereocenters. The maximum Gasteiger partial charge on any atom is 0.162 e. The van der Waals surface area contributed by atoms with Crippen LogP contribution in [-0.2, 0) is 4.79 Å². The molecule has 1 aromatic carbocycles. The van der Waals surface area contributed by atoms with Crippen molar-refractivity contribution in [2.45, 2.75) is 19.3 Å². The van der Waals surface area contributed by atoms with Crippen molar-refractivity contribution in [2.75, 3.05) is 0 Å². The predicted octanol–water partition coefficient (Wildman–Crippen LogP) is 2.05. The molecule has 1 aromatic rings. The Morgan fingerprint density at radius 2 is 1.80 bits per heavy atom. The van der Waals surface area contributed by atoms with Gasteiger partial charge in [0.1, 0.15) is 12.6 Å². The quantitative estimate of drug-likeness (QED) is 0.405. The van der Waals surface area contributed by atoms with Gasteiger partial charge in [-0.05, 0) is 6.42 Å². The van der Waals surface area contributed by atoms with Gasteiger partial charge in [-0.25, -0.2) is 0 Å². The zero-order valence-electron chi connectivity index (χ0n) is 8.31. The first kappa shape index (κ1) is 11.3. The molecule has 3 heteroatoms. The fraction of sp³-hybridized carbons (Fsp3) is 0.250. The van der Waals surface area contributed by atoms with Gasteiger partial charge in [0.2, 0.25) is 0 Å². The van der Waals surface area contributed by atoms with Crippen LogP contribution in [0, 0.1) is 0 Å². The van der Waals surface area contributed by atoms with E-state index in [1.54, 1.807) is 24.3 Å². The Kier molecular flexibility index (Phi) is 4.41. The van der Waals surface area contributed by atoms with Crippen molar-refractivity contribution in [3.8, 4) is 0 Å². The molecule has 0 bridgehead atoms. The van der Waals surface area contributed by atoms with Crippen molar-refractivity contribution in [3.63, 3.8) is 0 Å². The van der Waals surface area contributed by atoms with Crippen LogP contribution >= 0.6 is 0 Å². The maximum absolute atomic E-state index is 11.5. The number of carbonyl (C=O) groups excluding carboxylic acids is 3. The molecule has 0 fully saturated rings. The number of ketones is 1. The Morgan fingerprint density at radius 1 is 1.13 bits per heavy atom. The van der Waals surface area contributed by atoms with Crippen molar-refractivity contribution < 1.29 is 14.4 Å². The number of rotatable bonds is 6. The van der Waals surface area contributed by atoms with E-state index in [0.29, 0.717) is 30.4 Å². The molecule has 0 saturated carbocycles. The van der Waals surface area contributed by atoms with Crippen LogP contribution in [0.15, 0.2) is 24.3 Å². The van der Waals surface area contributed by atoms with Crippen LogP contribution in [0.5, 0.6) is 0 Å². The molecule has 0 aliphatic heterocycles. The third-order valence-electron chi connectivity index (χ3n) is 2.09. The van der Waals surface area contributed by atoms with Crippen LogP contribution in [0.3, 0.4) is 0 Å². The minimum atomic E-state index is 0.00861. The molecule has 0 spiro atoms. The summed E-state index contributed by atoms with van der Waals surface area (Å²) in [6.07, 6.45) is 2.92. The molecular formula is C12H12O3. The minimum absolute atomic E-state index is 0.00861. The van der Waals surface area contributed by atoms with E-state index in [4.69, 9.17) is 0 Å². The Morgan fingerprint density at radius 3 is 2.33 bits per heavy atom. The van der Waals surface area contributed by atoms with Gasteiger partial charge in [-0.2, -0.15) is 0 Å². The van der Waals surface area contributed by atoms with Crippen LogP contribution in [0.4, 0.5) is 0 Å². The van der Waals surface area contributed by atoms with Crippen LogP contribution < -0.4 is 0 Å². The van der Waals surface area contributed by atoms with E-state index in [-0.39, 0.29) is 5.78 Å². The Hall–Kier alpha value is -1.77. The lowest BCUT2D eigenvalue weighted by Crippen LogP contribution is -1.99. The Labute approximate surface area is 88.1 Å². The summed E-state index contributed by atoms with van der Waals surface area (Å²) in [5.41, 5.74) is 1.14. The van der Waals surface area contributed by atoms with E-state index in [1.165, 1.54) is 0 Å². The van der Waals surface area contributed by atoms with Crippen molar-refractivity contribution in [3.05, 3.63) is 35.4 Å². The van der Waals surface area contributed by atoms with E-state index < -0.39 is 0 Å². The molecule has 0 N–H and O–H groups in total. The first-order valence-electron chi connectivity index (χ1n) is 4.80. The van der Waals surface area contributed by atoms with Gasteiger partial charge in [0.15, 0.2) is 5.78 Å². The van der Waals surface area contributed by atoms with E-state index in [0.717, 1.165) is 12.6 Å². The van der Waals surface area contributed by atoms with E-state index >= 15 is 0 Å². The molecule has 0 aliphatic carbocycles. The second-order valence-electron chi connectivity index (χ2n) is 3.22. The summed E-state index contributed by atoms with van der Waals surface area (Å²) in [4.78, 5) is 31.9. The average Bonchev–Trinajstić information content (AvgIpc) is 2.29. The van der Waals surface area contributed by atoms with Crippen LogP contribution in [-0.4, -0.2) is 18.4 Å². The summed E-state index contributed by atoms with van der Waals surface area (Å²) < 4.78 is 0. The van der Waals surface area contributed by atoms with Crippen LogP contribution in [0.25, 0.3) is 0 Å². The summed E-state index contributed by atoms with van der Waals surface area (Å²) >= 11 is 0. The van der Waals surface area contributed by atoms with Gasteiger partial charge in [0.25, 0.3) is 0 Å². The third-order valence-corrected chi connectivity index (χ3v) is 2.09. The third kappa shape index (κ3) is 3.46. The summed E-state index contributed by atoms with van der Waals surface area (Å²) in [6.45, 7) is 0. The molecule has 0 saturated heterocycles. The van der Waals surface area contributed by atoms with E-state index in [2.05, 4.69) is 0 Å². The van der Waals surface area contributed by atoms with E-state index in [1.807, 2.05) is 0 Å². The second kappa shape index (κ2) is 5.86. The van der Waals surface area contributed by atoms with Crippen LogP contribution in [0.1, 0.15) is 40.0 Å². The molecule has 3 nitrogen and oxygen atoms in total. The van der Waals surface area contributed by atoms with Gasteiger partial charge in [0.05, 0.1) is 0 Å². The van der Waals surface area contributed by atoms with Crippen LogP contribution in [0.2, 0.25) is 0 Å². The van der Waals surface area contributed by atoms with Gasteiger partial charge >= 0.3 is 0 Å². The largest absolute Gasteiger partial charge is 0.303 e. The lowest BCUT2D eigenvalue weighted by Gasteiger charge is -1.99. The van der Waals surface area contributed by atoms with Crippen molar-refractivity contribution in [1.82, 2.24) is 0 Å². The maximum atomic E-state index is 11.5. The zero-order chi connectivity index (χ0) is 11.1. The molecule has 0 amide bonds. The van der Waals surface area contributed by atoms with Gasteiger partial charge in [-0.3, -0.25) is 9.59 Å². The van der Waals surface area contributed by atoms with E-state index in [9.17, 15) is 14.4 Å². The molecule has 0 heterocycles. The van der Waals surface area contributed by atoms with Gasteiger partial charge in [-0.1, -0.05) is 24.3 Å². The number of benzene rings is 1. The van der Waals surface area contributed by atoms with Crippen molar-refractivity contribution in [2.24, 2.45) is 0 Å². The highest BCUT2D eigenvalue weighted by Gasteiger charge is 2.04. The lowest BCUT2D eigenvalue weighted by molar-refractivity contribution is -0.107. The van der Waals surface area contributed by atoms with Gasteiger partial charge in [-0.15, -0.1) is 0 Å². The van der Waals surface area contributed by atoms with Gasteiger partial charge in [0, 0.05) is 24.0 Å². The number of Topliss-reactive ketones (excluding diaryl/α,β-unsaturated/α-hetero) is 1. The summed E-state index contributed by atoms with van der Waals surface area (Å²) in [7, 11) is 0. The predicted molar refractivity (Wildman–Crippen MR) is 56.1 cm³/mol. The molecule has 0 radical (unpaired) electrons. The molecular weight excluding hydrogens is 192 g/mol. The molecule has 1 rings (SSSR count). The number of carbonyl (C=O) groups is 3. The molecule has 15 heavy (non-hydrogen) atoms. The van der Waals surface area contributed by atoms with Crippen molar-refractivity contribution >= 4 is 18.4 Å². The van der Waals surface area contributed by atoms with Gasteiger partial charge < -0.3 is 4.79 Å². The molecule has 0 atom stereocenters. The normalized spacial score (nSPS) is 9.60. The summed E-state index contributed by atoms with van der Waals surface area (Å²) in [5.74, 6) is 0.00861. The number of hydrogen-bond donors (Lipinski definition) is 0. The zero-order valence-corrected chi connectivity index (χ0v) is 8.31. The highest BCUT2D eigenvalue weighted by molar-refractivity contribution is 5.96. The Bertz CT molecular complexity index is 352. The highest BCUT2D eigenvalue weighted by atomic mass is 16.1. The molecule has 78 valence electrons. The first-order valence-corrected chi connectivity index (χ1v) is 4.80. The molecule has 0 aliphatic rings. The second-order valence-corrected chi connectivity index (χ2v) is 3.22. The fourth-order valence-corrected chi connectivity index (χ4v) is 1.24.